The van der Waals surface area contributed by atoms with Crippen molar-refractivity contribution in [1.82, 2.24) is 13.9 Å². The van der Waals surface area contributed by atoms with E-state index in [0.29, 0.717) is 5.56 Å². The van der Waals surface area contributed by atoms with Gasteiger partial charge in [-0.05, 0) is 24.6 Å². The van der Waals surface area contributed by atoms with Crippen LogP contribution in [0.2, 0.25) is 5.15 Å². The lowest BCUT2D eigenvalue weighted by Crippen LogP contribution is -2.30. The second-order valence-electron chi connectivity index (χ2n) is 4.82. The van der Waals surface area contributed by atoms with Crippen LogP contribution in [0.1, 0.15) is 18.5 Å². The molecule has 0 amide bonds. The van der Waals surface area contributed by atoms with Gasteiger partial charge in [0.25, 0.3) is 10.0 Å². The second kappa shape index (κ2) is 5.94. The van der Waals surface area contributed by atoms with Crippen LogP contribution in [0.4, 0.5) is 8.78 Å². The minimum Gasteiger partial charge on any atom is -0.324 e. The molecular formula is C13H14ClF2N3O2S. The largest absolute Gasteiger partial charge is 0.324 e. The van der Waals surface area contributed by atoms with Gasteiger partial charge in [-0.2, -0.15) is 4.31 Å². The molecule has 2 rings (SSSR count). The van der Waals surface area contributed by atoms with Gasteiger partial charge in [0.1, 0.15) is 5.15 Å². The Balaban J connectivity index is 2.39. The van der Waals surface area contributed by atoms with Crippen LogP contribution < -0.4 is 0 Å². The number of nitrogens with zero attached hydrogens (tertiary/aromatic N) is 3. The molecule has 0 unspecified atom stereocenters. The van der Waals surface area contributed by atoms with E-state index in [0.717, 1.165) is 16.4 Å². The molecule has 0 aliphatic carbocycles. The van der Waals surface area contributed by atoms with Crippen LogP contribution in [-0.2, 0) is 17.1 Å². The van der Waals surface area contributed by atoms with E-state index in [1.807, 2.05) is 0 Å². The first-order valence-corrected chi connectivity index (χ1v) is 8.08. The fraction of sp³-hybridized carbons (Fsp3) is 0.308. The van der Waals surface area contributed by atoms with E-state index < -0.39 is 27.7 Å². The first-order chi connectivity index (χ1) is 10.2. The van der Waals surface area contributed by atoms with Gasteiger partial charge in [-0.1, -0.05) is 17.7 Å². The molecular weight excluding hydrogens is 336 g/mol. The van der Waals surface area contributed by atoms with E-state index in [1.54, 1.807) is 14.0 Å². The fourth-order valence-corrected chi connectivity index (χ4v) is 3.63. The highest BCUT2D eigenvalue weighted by atomic mass is 35.5. The number of sulfonamides is 1. The van der Waals surface area contributed by atoms with Crippen LogP contribution in [0.25, 0.3) is 0 Å². The zero-order chi connectivity index (χ0) is 16.7. The summed E-state index contributed by atoms with van der Waals surface area (Å²) >= 11 is 5.92. The Morgan fingerprint density at radius 1 is 1.32 bits per heavy atom. The van der Waals surface area contributed by atoms with Crippen LogP contribution >= 0.6 is 11.6 Å². The molecule has 120 valence electrons. The zero-order valence-electron chi connectivity index (χ0n) is 12.1. The molecule has 0 fully saturated rings. The molecule has 1 atom stereocenters. The summed E-state index contributed by atoms with van der Waals surface area (Å²) in [5.74, 6) is -2.03. The van der Waals surface area contributed by atoms with Crippen molar-refractivity contribution in [3.05, 3.63) is 46.9 Å². The van der Waals surface area contributed by atoms with Crippen molar-refractivity contribution in [2.75, 3.05) is 7.05 Å². The van der Waals surface area contributed by atoms with Crippen molar-refractivity contribution in [2.45, 2.75) is 18.0 Å². The quantitative estimate of drug-likeness (QED) is 0.852. The summed E-state index contributed by atoms with van der Waals surface area (Å²) in [6, 6.07) is 2.52. The van der Waals surface area contributed by atoms with Crippen molar-refractivity contribution in [3.63, 3.8) is 0 Å². The molecule has 0 bridgehead atoms. The molecule has 1 aromatic heterocycles. The molecule has 1 heterocycles. The summed E-state index contributed by atoms with van der Waals surface area (Å²) < 4.78 is 53.7. The molecule has 22 heavy (non-hydrogen) atoms. The third-order valence-corrected chi connectivity index (χ3v) is 5.85. The molecule has 1 aromatic carbocycles. The summed E-state index contributed by atoms with van der Waals surface area (Å²) in [5.41, 5.74) is 0.317. The van der Waals surface area contributed by atoms with Crippen molar-refractivity contribution in [2.24, 2.45) is 7.05 Å². The minimum absolute atomic E-state index is 0.0238. The lowest BCUT2D eigenvalue weighted by Gasteiger charge is -2.24. The predicted molar refractivity (Wildman–Crippen MR) is 77.9 cm³/mol. The third-order valence-electron chi connectivity index (χ3n) is 3.43. The minimum atomic E-state index is -3.97. The number of halogens is 3. The molecule has 5 nitrogen and oxygen atoms in total. The number of aromatic nitrogens is 2. The Morgan fingerprint density at radius 2 is 1.95 bits per heavy atom. The Kier molecular flexibility index (Phi) is 4.55. The molecule has 2 aromatic rings. The monoisotopic (exact) mass is 349 g/mol. The van der Waals surface area contributed by atoms with Crippen molar-refractivity contribution >= 4 is 21.6 Å². The van der Waals surface area contributed by atoms with Gasteiger partial charge in [0.05, 0.1) is 6.33 Å². The summed E-state index contributed by atoms with van der Waals surface area (Å²) in [6.07, 6.45) is 1.28. The normalized spacial score (nSPS) is 13.6. The van der Waals surface area contributed by atoms with Crippen molar-refractivity contribution in [3.8, 4) is 0 Å². The van der Waals surface area contributed by atoms with Gasteiger partial charge < -0.3 is 4.57 Å². The van der Waals surface area contributed by atoms with Crippen LogP contribution in [0.15, 0.2) is 29.6 Å². The van der Waals surface area contributed by atoms with Gasteiger partial charge in [-0.3, -0.25) is 0 Å². The fourth-order valence-electron chi connectivity index (χ4n) is 1.89. The van der Waals surface area contributed by atoms with Crippen molar-refractivity contribution in [1.29, 1.82) is 0 Å². The van der Waals surface area contributed by atoms with Gasteiger partial charge >= 0.3 is 0 Å². The lowest BCUT2D eigenvalue weighted by atomic mass is 10.1. The molecule has 0 N–H and O–H groups in total. The number of aryl methyl sites for hydroxylation is 1. The Hall–Kier alpha value is -1.51. The van der Waals surface area contributed by atoms with Crippen LogP contribution in [0.5, 0.6) is 0 Å². The highest BCUT2D eigenvalue weighted by molar-refractivity contribution is 7.89. The lowest BCUT2D eigenvalue weighted by molar-refractivity contribution is 0.394. The molecule has 0 saturated heterocycles. The molecule has 9 heteroatoms. The van der Waals surface area contributed by atoms with Gasteiger partial charge in [0, 0.05) is 20.1 Å². The highest BCUT2D eigenvalue weighted by Gasteiger charge is 2.31. The Labute approximate surface area is 132 Å². The van der Waals surface area contributed by atoms with E-state index in [2.05, 4.69) is 4.98 Å². The maximum absolute atomic E-state index is 13.3. The van der Waals surface area contributed by atoms with Gasteiger partial charge in [-0.15, -0.1) is 0 Å². The zero-order valence-corrected chi connectivity index (χ0v) is 13.7. The average molecular weight is 350 g/mol. The first kappa shape index (κ1) is 16.9. The van der Waals surface area contributed by atoms with E-state index in [1.165, 1.54) is 24.0 Å². The SMILES string of the molecule is C[C@@H](c1ccc(F)c(F)c1)N(C)S(=O)(=O)c1ncn(C)c1Cl. The number of benzene rings is 1. The number of imidazole rings is 1. The molecule has 0 aliphatic heterocycles. The topological polar surface area (TPSA) is 55.2 Å². The highest BCUT2D eigenvalue weighted by Crippen LogP contribution is 2.29. The Morgan fingerprint density at radius 3 is 2.45 bits per heavy atom. The maximum atomic E-state index is 13.3. The standard InChI is InChI=1S/C13H14ClF2N3O2S/c1-8(9-4-5-10(15)11(16)6-9)19(3)22(20,21)13-12(14)18(2)7-17-13/h4-8H,1-3H3/t8-/m0/s1. The third kappa shape index (κ3) is 2.86. The maximum Gasteiger partial charge on any atom is 0.263 e. The Bertz CT molecular complexity index is 808. The first-order valence-electron chi connectivity index (χ1n) is 6.26. The molecule has 0 spiro atoms. The summed E-state index contributed by atoms with van der Waals surface area (Å²) in [7, 11) is -1.08. The smallest absolute Gasteiger partial charge is 0.263 e. The summed E-state index contributed by atoms with van der Waals surface area (Å²) in [6.45, 7) is 1.56. The summed E-state index contributed by atoms with van der Waals surface area (Å²) in [5, 5.41) is -0.307. The van der Waals surface area contributed by atoms with Crippen LogP contribution in [0, 0.1) is 11.6 Å². The molecule has 0 radical (unpaired) electrons. The van der Waals surface area contributed by atoms with E-state index in [-0.39, 0.29) is 10.2 Å². The van der Waals surface area contributed by atoms with Gasteiger partial charge in [0.2, 0.25) is 5.03 Å². The van der Waals surface area contributed by atoms with Crippen LogP contribution in [0.3, 0.4) is 0 Å². The average Bonchev–Trinajstić information content (AvgIpc) is 2.81. The number of hydrogen-bond donors (Lipinski definition) is 0. The summed E-state index contributed by atoms with van der Waals surface area (Å²) in [4.78, 5) is 3.78. The van der Waals surface area contributed by atoms with Gasteiger partial charge in [-0.25, -0.2) is 22.2 Å². The van der Waals surface area contributed by atoms with E-state index >= 15 is 0 Å². The number of rotatable bonds is 4. The van der Waals surface area contributed by atoms with Crippen molar-refractivity contribution < 1.29 is 17.2 Å². The second-order valence-corrected chi connectivity index (χ2v) is 7.09. The van der Waals surface area contributed by atoms with E-state index in [9.17, 15) is 17.2 Å². The molecule has 0 aliphatic rings. The van der Waals surface area contributed by atoms with Crippen LogP contribution in [-0.4, -0.2) is 29.3 Å². The van der Waals surface area contributed by atoms with E-state index in [4.69, 9.17) is 11.6 Å². The predicted octanol–water partition coefficient (Wildman–Crippen LogP) is 2.73. The van der Waals surface area contributed by atoms with Gasteiger partial charge in [0.15, 0.2) is 11.6 Å². The number of hydrogen-bond acceptors (Lipinski definition) is 3. The molecule has 0 saturated carbocycles.